The van der Waals surface area contributed by atoms with Crippen LogP contribution in [0, 0.1) is 0 Å². The second kappa shape index (κ2) is 6.92. The van der Waals surface area contributed by atoms with Crippen LogP contribution in [0.15, 0.2) is 0 Å². The molecule has 1 aliphatic rings. The van der Waals surface area contributed by atoms with E-state index in [-0.39, 0.29) is 12.4 Å². The first-order chi connectivity index (χ1) is 6.61. The number of likely N-dealkylation sites (N-methyl/N-ethyl adjacent to an activating group) is 1. The molecule has 1 aliphatic heterocycles. The minimum absolute atomic E-state index is 0. The van der Waals surface area contributed by atoms with Gasteiger partial charge in [0.05, 0.1) is 13.2 Å². The molecule has 1 atom stereocenters. The second-order valence-electron chi connectivity index (χ2n) is 3.17. The number of hydrogen-bond donors (Lipinski definition) is 1. The van der Waals surface area contributed by atoms with Crippen LogP contribution >= 0.6 is 12.4 Å². The Balaban J connectivity index is 0.00000196. The number of amides is 1. The van der Waals surface area contributed by atoms with Gasteiger partial charge in [-0.3, -0.25) is 4.79 Å². The summed E-state index contributed by atoms with van der Waals surface area (Å²) in [6.07, 6.45) is -3.12. The fourth-order valence-electron chi connectivity index (χ4n) is 1.27. The van der Waals surface area contributed by atoms with Crippen molar-refractivity contribution in [2.45, 2.75) is 12.5 Å². The lowest BCUT2D eigenvalue weighted by molar-refractivity contribution is -0.145. The van der Waals surface area contributed by atoms with Crippen molar-refractivity contribution in [3.8, 4) is 0 Å². The molecule has 4 nitrogen and oxygen atoms in total. The molecule has 0 radical (unpaired) electrons. The Morgan fingerprint density at radius 1 is 1.67 bits per heavy atom. The van der Waals surface area contributed by atoms with Crippen LogP contribution in [0.25, 0.3) is 0 Å². The first kappa shape index (κ1) is 14.5. The van der Waals surface area contributed by atoms with Gasteiger partial charge in [-0.15, -0.1) is 12.4 Å². The zero-order valence-corrected chi connectivity index (χ0v) is 9.23. The summed E-state index contributed by atoms with van der Waals surface area (Å²) in [5.41, 5.74) is 0. The van der Waals surface area contributed by atoms with Crippen LogP contribution in [0.1, 0.15) is 0 Å². The van der Waals surface area contributed by atoms with Gasteiger partial charge in [0.2, 0.25) is 0 Å². The van der Waals surface area contributed by atoms with Crippen LogP contribution in [-0.2, 0) is 9.53 Å². The summed E-state index contributed by atoms with van der Waals surface area (Å²) < 4.78 is 29.1. The maximum atomic E-state index is 12.0. The Labute approximate surface area is 93.4 Å². The predicted octanol–water partition coefficient (Wildman–Crippen LogP) is 0.120. The molecule has 0 bridgehead atoms. The quantitative estimate of drug-likeness (QED) is 0.767. The van der Waals surface area contributed by atoms with Crippen LogP contribution in [0.2, 0.25) is 0 Å². The van der Waals surface area contributed by atoms with Crippen LogP contribution in [0.3, 0.4) is 0 Å². The molecule has 1 fully saturated rings. The smallest absolute Gasteiger partial charge is 0.255 e. The molecule has 1 rings (SSSR count). The highest BCUT2D eigenvalue weighted by Crippen LogP contribution is 2.03. The number of halogens is 3. The summed E-state index contributed by atoms with van der Waals surface area (Å²) in [4.78, 5) is 12.5. The average molecular weight is 245 g/mol. The highest BCUT2D eigenvalue weighted by atomic mass is 35.5. The van der Waals surface area contributed by atoms with E-state index in [1.807, 2.05) is 0 Å². The highest BCUT2D eigenvalue weighted by Gasteiger charge is 2.25. The van der Waals surface area contributed by atoms with Crippen LogP contribution in [0.5, 0.6) is 0 Å². The van der Waals surface area contributed by atoms with Crippen LogP contribution in [-0.4, -0.2) is 56.6 Å². The molecular weight excluding hydrogens is 230 g/mol. The summed E-state index contributed by atoms with van der Waals surface area (Å²) in [6.45, 7) is 0.992. The van der Waals surface area contributed by atoms with Crippen LogP contribution in [0.4, 0.5) is 8.78 Å². The van der Waals surface area contributed by atoms with Gasteiger partial charge < -0.3 is 15.0 Å². The Kier molecular flexibility index (Phi) is 6.71. The third-order valence-electron chi connectivity index (χ3n) is 1.99. The normalized spacial score (nSPS) is 20.9. The maximum absolute atomic E-state index is 12.0. The first-order valence-corrected chi connectivity index (χ1v) is 4.46. The van der Waals surface area contributed by atoms with E-state index in [0.29, 0.717) is 19.7 Å². The number of carbonyl (C=O) groups is 1. The SMILES string of the molecule is CN(CC(F)F)C(=O)[C@H]1CNCCO1.Cl. The molecule has 0 aromatic heterocycles. The monoisotopic (exact) mass is 244 g/mol. The lowest BCUT2D eigenvalue weighted by Gasteiger charge is -2.27. The second-order valence-corrected chi connectivity index (χ2v) is 3.17. The number of hydrogen-bond acceptors (Lipinski definition) is 3. The first-order valence-electron chi connectivity index (χ1n) is 4.46. The molecule has 0 saturated carbocycles. The fourth-order valence-corrected chi connectivity index (χ4v) is 1.27. The number of morpholine rings is 1. The van der Waals surface area contributed by atoms with Crippen molar-refractivity contribution >= 4 is 18.3 Å². The minimum Gasteiger partial charge on any atom is -0.366 e. The van der Waals surface area contributed by atoms with E-state index in [0.717, 1.165) is 4.90 Å². The number of nitrogens with one attached hydrogen (secondary N) is 1. The van der Waals surface area contributed by atoms with Crippen molar-refractivity contribution in [1.29, 1.82) is 0 Å². The van der Waals surface area contributed by atoms with Gasteiger partial charge in [0.15, 0.2) is 0 Å². The van der Waals surface area contributed by atoms with Crippen molar-refractivity contribution in [3.05, 3.63) is 0 Å². The molecule has 1 heterocycles. The molecule has 0 spiro atoms. The molecule has 0 aromatic carbocycles. The third kappa shape index (κ3) is 4.72. The Bertz CT molecular complexity index is 201. The summed E-state index contributed by atoms with van der Waals surface area (Å²) in [5.74, 6) is -0.391. The summed E-state index contributed by atoms with van der Waals surface area (Å²) in [7, 11) is 1.35. The molecule has 1 N–H and O–H groups in total. The molecule has 1 amide bonds. The molecule has 90 valence electrons. The number of nitrogens with zero attached hydrogens (tertiary/aromatic N) is 1. The fraction of sp³-hybridized carbons (Fsp3) is 0.875. The van der Waals surface area contributed by atoms with E-state index in [1.165, 1.54) is 7.05 Å². The zero-order valence-electron chi connectivity index (χ0n) is 8.41. The lowest BCUT2D eigenvalue weighted by atomic mass is 10.2. The Morgan fingerprint density at radius 2 is 2.33 bits per heavy atom. The van der Waals surface area contributed by atoms with Crippen LogP contribution < -0.4 is 5.32 Å². The lowest BCUT2D eigenvalue weighted by Crippen LogP contribution is -2.49. The van der Waals surface area contributed by atoms with Crippen molar-refractivity contribution in [2.75, 3.05) is 33.3 Å². The van der Waals surface area contributed by atoms with E-state index in [4.69, 9.17) is 4.74 Å². The van der Waals surface area contributed by atoms with Gasteiger partial charge >= 0.3 is 0 Å². The summed E-state index contributed by atoms with van der Waals surface area (Å²) in [5, 5.41) is 2.96. The van der Waals surface area contributed by atoms with E-state index >= 15 is 0 Å². The van der Waals surface area contributed by atoms with E-state index in [9.17, 15) is 13.6 Å². The molecule has 1 saturated heterocycles. The van der Waals surface area contributed by atoms with Gasteiger partial charge in [-0.05, 0) is 0 Å². The molecular formula is C8H15ClF2N2O2. The molecule has 0 unspecified atom stereocenters. The number of alkyl halides is 2. The molecule has 0 aliphatic carbocycles. The zero-order chi connectivity index (χ0) is 10.6. The molecule has 0 aromatic rings. The maximum Gasteiger partial charge on any atom is 0.255 e. The van der Waals surface area contributed by atoms with Crippen molar-refractivity contribution in [1.82, 2.24) is 10.2 Å². The highest BCUT2D eigenvalue weighted by molar-refractivity contribution is 5.85. The van der Waals surface area contributed by atoms with Gasteiger partial charge in [0.1, 0.15) is 6.10 Å². The van der Waals surface area contributed by atoms with Crippen molar-refractivity contribution < 1.29 is 18.3 Å². The van der Waals surface area contributed by atoms with Crippen molar-refractivity contribution in [2.24, 2.45) is 0 Å². The Hall–Kier alpha value is -0.460. The largest absolute Gasteiger partial charge is 0.366 e. The summed E-state index contributed by atoms with van der Waals surface area (Å²) >= 11 is 0. The Morgan fingerprint density at radius 3 is 2.80 bits per heavy atom. The van der Waals surface area contributed by atoms with E-state index in [2.05, 4.69) is 5.32 Å². The summed E-state index contributed by atoms with van der Waals surface area (Å²) in [6, 6.07) is 0. The predicted molar refractivity (Wildman–Crippen MR) is 53.5 cm³/mol. The topological polar surface area (TPSA) is 41.6 Å². The average Bonchev–Trinajstić information content (AvgIpc) is 2.17. The van der Waals surface area contributed by atoms with Gasteiger partial charge in [0, 0.05) is 20.1 Å². The van der Waals surface area contributed by atoms with Gasteiger partial charge in [0.25, 0.3) is 12.3 Å². The standard InChI is InChI=1S/C8H14F2N2O2.ClH/c1-12(5-7(9)10)8(13)6-4-11-2-3-14-6;/h6-7,11H,2-5H2,1H3;1H/t6-;/m1./s1. The number of ether oxygens (including phenoxy) is 1. The van der Waals surface area contributed by atoms with E-state index in [1.54, 1.807) is 0 Å². The molecule has 15 heavy (non-hydrogen) atoms. The van der Waals surface area contributed by atoms with Crippen molar-refractivity contribution in [3.63, 3.8) is 0 Å². The molecule has 7 heteroatoms. The van der Waals surface area contributed by atoms with Gasteiger partial charge in [-0.25, -0.2) is 8.78 Å². The van der Waals surface area contributed by atoms with Gasteiger partial charge in [-0.2, -0.15) is 0 Å². The van der Waals surface area contributed by atoms with E-state index < -0.39 is 25.0 Å². The number of rotatable bonds is 3. The van der Waals surface area contributed by atoms with Gasteiger partial charge in [-0.1, -0.05) is 0 Å². The third-order valence-corrected chi connectivity index (χ3v) is 1.99. The number of carbonyl (C=O) groups excluding carboxylic acids is 1. The minimum atomic E-state index is -2.50.